The van der Waals surface area contributed by atoms with Crippen LogP contribution in [-0.2, 0) is 0 Å². The van der Waals surface area contributed by atoms with Gasteiger partial charge in [-0.05, 0) is 24.0 Å². The molecular formula is C6H9ClS2. The highest BCUT2D eigenvalue weighted by Gasteiger charge is 2.04. The molecule has 0 spiro atoms. The summed E-state index contributed by atoms with van der Waals surface area (Å²) in [4.78, 5) is 0. The summed E-state index contributed by atoms with van der Waals surface area (Å²) in [6.45, 7) is 0. The molecule has 0 N–H and O–H groups in total. The third-order valence-electron chi connectivity index (χ3n) is 1.02. The molecule has 1 aliphatic rings. The maximum absolute atomic E-state index is 5.53. The van der Waals surface area contributed by atoms with Gasteiger partial charge in [0.05, 0.1) is 0 Å². The van der Waals surface area contributed by atoms with Crippen molar-refractivity contribution in [3.05, 3.63) is 10.3 Å². The minimum Gasteiger partial charge on any atom is -0.122 e. The molecule has 1 rings (SSSR count). The predicted octanol–water partition coefficient (Wildman–Crippen LogP) is 2.94. The van der Waals surface area contributed by atoms with Gasteiger partial charge in [0.15, 0.2) is 0 Å². The summed E-state index contributed by atoms with van der Waals surface area (Å²) in [6.07, 6.45) is 3.44. The highest BCUT2D eigenvalue weighted by atomic mass is 35.5. The predicted molar refractivity (Wildman–Crippen MR) is 48.3 cm³/mol. The highest BCUT2D eigenvalue weighted by molar-refractivity contribution is 8.22. The van der Waals surface area contributed by atoms with Crippen LogP contribution in [-0.4, -0.2) is 17.4 Å². The van der Waals surface area contributed by atoms with Gasteiger partial charge < -0.3 is 0 Å². The van der Waals surface area contributed by atoms with Crippen LogP contribution in [0.1, 0.15) is 6.42 Å². The van der Waals surface area contributed by atoms with E-state index in [2.05, 4.69) is 6.08 Å². The molecule has 0 aromatic rings. The van der Waals surface area contributed by atoms with Crippen molar-refractivity contribution in [2.45, 2.75) is 6.42 Å². The Balaban J connectivity index is 2.30. The van der Waals surface area contributed by atoms with Crippen molar-refractivity contribution < 1.29 is 0 Å². The number of hydrogen-bond donors (Lipinski definition) is 0. The lowest BCUT2D eigenvalue weighted by atomic mass is 10.6. The van der Waals surface area contributed by atoms with Gasteiger partial charge in [0.1, 0.15) is 0 Å². The Morgan fingerprint density at radius 3 is 2.67 bits per heavy atom. The second-order valence-corrected chi connectivity index (χ2v) is 4.57. The number of allylic oxidation sites excluding steroid dienone is 1. The average Bonchev–Trinajstić information content (AvgIpc) is 1.91. The molecule has 0 radical (unpaired) electrons. The molecule has 1 aliphatic heterocycles. The van der Waals surface area contributed by atoms with Crippen LogP contribution in [0.15, 0.2) is 10.3 Å². The van der Waals surface area contributed by atoms with Crippen molar-refractivity contribution >= 4 is 35.1 Å². The van der Waals surface area contributed by atoms with Gasteiger partial charge in [-0.1, -0.05) is 0 Å². The van der Waals surface area contributed by atoms with Gasteiger partial charge in [-0.25, -0.2) is 0 Å². The normalized spacial score (nSPS) is 19.9. The lowest BCUT2D eigenvalue weighted by molar-refractivity contribution is 1.12. The third-order valence-corrected chi connectivity index (χ3v) is 3.77. The zero-order valence-electron chi connectivity index (χ0n) is 5.10. The van der Waals surface area contributed by atoms with Crippen LogP contribution in [0.5, 0.6) is 0 Å². The molecule has 0 saturated carbocycles. The lowest BCUT2D eigenvalue weighted by Crippen LogP contribution is -1.91. The zero-order chi connectivity index (χ0) is 6.53. The molecule has 1 saturated heterocycles. The Bertz CT molecular complexity index is 104. The standard InChI is InChI=1S/C6H9ClS2/c7-3-2-6-8-4-1-5-9-6/h2H,1,3-5H2. The van der Waals surface area contributed by atoms with Crippen LogP contribution in [0.3, 0.4) is 0 Å². The Morgan fingerprint density at radius 1 is 1.44 bits per heavy atom. The third kappa shape index (κ3) is 2.87. The molecule has 9 heavy (non-hydrogen) atoms. The van der Waals surface area contributed by atoms with E-state index in [1.807, 2.05) is 23.5 Å². The molecule has 0 atom stereocenters. The van der Waals surface area contributed by atoms with E-state index in [0.29, 0.717) is 5.88 Å². The van der Waals surface area contributed by atoms with Gasteiger partial charge in [0.2, 0.25) is 0 Å². The molecule has 3 heteroatoms. The van der Waals surface area contributed by atoms with Crippen molar-refractivity contribution in [3.63, 3.8) is 0 Å². The van der Waals surface area contributed by atoms with E-state index < -0.39 is 0 Å². The Morgan fingerprint density at radius 2 is 2.11 bits per heavy atom. The van der Waals surface area contributed by atoms with Crippen LogP contribution in [0, 0.1) is 0 Å². The van der Waals surface area contributed by atoms with Gasteiger partial charge >= 0.3 is 0 Å². The molecular weight excluding hydrogens is 172 g/mol. The number of rotatable bonds is 1. The van der Waals surface area contributed by atoms with Gasteiger partial charge in [-0.2, -0.15) is 0 Å². The fraction of sp³-hybridized carbons (Fsp3) is 0.667. The van der Waals surface area contributed by atoms with E-state index in [1.54, 1.807) is 0 Å². The number of halogens is 1. The van der Waals surface area contributed by atoms with Gasteiger partial charge in [0, 0.05) is 10.1 Å². The molecule has 0 aromatic carbocycles. The highest BCUT2D eigenvalue weighted by Crippen LogP contribution is 2.34. The van der Waals surface area contributed by atoms with E-state index in [1.165, 1.54) is 22.2 Å². The Hall–Kier alpha value is 0.730. The van der Waals surface area contributed by atoms with Crippen molar-refractivity contribution in [2.75, 3.05) is 17.4 Å². The fourth-order valence-corrected chi connectivity index (χ4v) is 3.36. The molecule has 0 nitrogen and oxygen atoms in total. The summed E-state index contributed by atoms with van der Waals surface area (Å²) in [5, 5.41) is 0. The van der Waals surface area contributed by atoms with E-state index in [0.717, 1.165) is 0 Å². The largest absolute Gasteiger partial charge is 0.122 e. The molecule has 0 aromatic heterocycles. The smallest absolute Gasteiger partial charge is 0.0422 e. The average molecular weight is 181 g/mol. The maximum atomic E-state index is 5.53. The topological polar surface area (TPSA) is 0 Å². The summed E-state index contributed by atoms with van der Waals surface area (Å²) >= 11 is 9.39. The first-order chi connectivity index (χ1) is 4.43. The minimum absolute atomic E-state index is 0.662. The van der Waals surface area contributed by atoms with E-state index in [9.17, 15) is 0 Å². The second kappa shape index (κ2) is 4.53. The second-order valence-electron chi connectivity index (χ2n) is 1.73. The van der Waals surface area contributed by atoms with Crippen LogP contribution in [0.2, 0.25) is 0 Å². The summed E-state index contributed by atoms with van der Waals surface area (Å²) in [5.74, 6) is 3.21. The van der Waals surface area contributed by atoms with Crippen molar-refractivity contribution in [3.8, 4) is 0 Å². The molecule has 0 unspecified atom stereocenters. The van der Waals surface area contributed by atoms with Crippen molar-refractivity contribution in [2.24, 2.45) is 0 Å². The van der Waals surface area contributed by atoms with E-state index in [-0.39, 0.29) is 0 Å². The van der Waals surface area contributed by atoms with Crippen molar-refractivity contribution in [1.82, 2.24) is 0 Å². The number of alkyl halides is 1. The Labute approximate surface area is 69.4 Å². The molecule has 0 amide bonds. The lowest BCUT2D eigenvalue weighted by Gasteiger charge is -2.11. The Kier molecular flexibility index (Phi) is 3.94. The summed E-state index contributed by atoms with van der Waals surface area (Å²) < 4.78 is 1.41. The van der Waals surface area contributed by atoms with Crippen molar-refractivity contribution in [1.29, 1.82) is 0 Å². The molecule has 52 valence electrons. The first kappa shape index (κ1) is 7.83. The summed E-state index contributed by atoms with van der Waals surface area (Å²) in [6, 6.07) is 0. The van der Waals surface area contributed by atoms with Crippen LogP contribution in [0.4, 0.5) is 0 Å². The van der Waals surface area contributed by atoms with Crippen LogP contribution < -0.4 is 0 Å². The summed E-state index contributed by atoms with van der Waals surface area (Å²) in [7, 11) is 0. The molecule has 1 heterocycles. The van der Waals surface area contributed by atoms with Crippen LogP contribution in [0.25, 0.3) is 0 Å². The number of hydrogen-bond acceptors (Lipinski definition) is 2. The van der Waals surface area contributed by atoms with Gasteiger partial charge in [0.25, 0.3) is 0 Å². The molecule has 0 aliphatic carbocycles. The first-order valence-electron chi connectivity index (χ1n) is 2.95. The minimum atomic E-state index is 0.662. The first-order valence-corrected chi connectivity index (χ1v) is 5.46. The maximum Gasteiger partial charge on any atom is 0.0422 e. The van der Waals surface area contributed by atoms with Gasteiger partial charge in [-0.15, -0.1) is 35.1 Å². The monoisotopic (exact) mass is 180 g/mol. The number of thioether (sulfide) groups is 2. The summed E-state index contributed by atoms with van der Waals surface area (Å²) in [5.41, 5.74) is 0. The molecule has 0 bridgehead atoms. The quantitative estimate of drug-likeness (QED) is 0.570. The van der Waals surface area contributed by atoms with E-state index >= 15 is 0 Å². The van der Waals surface area contributed by atoms with Gasteiger partial charge in [-0.3, -0.25) is 0 Å². The zero-order valence-corrected chi connectivity index (χ0v) is 7.49. The SMILES string of the molecule is ClCC=C1SCCCS1. The fourth-order valence-electron chi connectivity index (χ4n) is 0.627. The van der Waals surface area contributed by atoms with Crippen LogP contribution >= 0.6 is 35.1 Å². The van der Waals surface area contributed by atoms with E-state index in [4.69, 9.17) is 11.6 Å². The molecule has 1 fully saturated rings.